The van der Waals surface area contributed by atoms with Crippen LogP contribution in [0.3, 0.4) is 0 Å². The van der Waals surface area contributed by atoms with Gasteiger partial charge in [-0.15, -0.1) is 0 Å². The molecule has 8 nitrogen and oxygen atoms in total. The third-order valence-corrected chi connectivity index (χ3v) is 9.15. The molecule has 0 fully saturated rings. The largest absolute Gasteiger partial charge is 0.366 e. The Morgan fingerprint density at radius 3 is 2.18 bits per heavy atom. The maximum Gasteiger partial charge on any atom is 0.207 e. The summed E-state index contributed by atoms with van der Waals surface area (Å²) in [7, 11) is 4.32. The van der Waals surface area contributed by atoms with E-state index in [9.17, 15) is 4.79 Å². The highest BCUT2D eigenvalue weighted by Crippen LogP contribution is 2.38. The number of aromatic nitrogens is 4. The van der Waals surface area contributed by atoms with Crippen molar-refractivity contribution in [3.05, 3.63) is 83.8 Å². The van der Waals surface area contributed by atoms with Crippen molar-refractivity contribution in [1.29, 1.82) is 0 Å². The van der Waals surface area contributed by atoms with Crippen LogP contribution in [0.4, 0.5) is 0 Å². The van der Waals surface area contributed by atoms with E-state index < -0.39 is 0 Å². The Bertz CT molecular complexity index is 1600. The molecule has 1 aliphatic rings. The van der Waals surface area contributed by atoms with E-state index in [1.807, 2.05) is 12.4 Å². The minimum absolute atomic E-state index is 0.286. The van der Waals surface area contributed by atoms with Crippen molar-refractivity contribution in [2.45, 2.75) is 71.9 Å². The highest BCUT2D eigenvalue weighted by atomic mass is 16.1. The van der Waals surface area contributed by atoms with Gasteiger partial charge in [-0.05, 0) is 91.2 Å². The van der Waals surface area contributed by atoms with Crippen molar-refractivity contribution in [1.82, 2.24) is 35.1 Å². The second-order valence-electron chi connectivity index (χ2n) is 12.5. The average Bonchev–Trinajstić information content (AvgIpc) is 3.73. The van der Waals surface area contributed by atoms with Crippen molar-refractivity contribution >= 4 is 6.41 Å². The van der Waals surface area contributed by atoms with E-state index in [4.69, 9.17) is 4.98 Å². The molecule has 45 heavy (non-hydrogen) atoms. The van der Waals surface area contributed by atoms with Gasteiger partial charge in [-0.2, -0.15) is 0 Å². The minimum atomic E-state index is 0.286. The number of fused-ring (bicyclic) bond motifs is 3. The van der Waals surface area contributed by atoms with Crippen LogP contribution in [0.5, 0.6) is 0 Å². The second kappa shape index (κ2) is 14.7. The Morgan fingerprint density at radius 2 is 1.60 bits per heavy atom. The molecule has 2 aromatic heterocycles. The first kappa shape index (κ1) is 32.2. The molecule has 3 N–H and O–H groups in total. The third-order valence-electron chi connectivity index (χ3n) is 9.15. The molecular formula is C37H49N7O. The number of benzene rings is 2. The van der Waals surface area contributed by atoms with E-state index in [1.165, 1.54) is 40.7 Å². The molecule has 2 heterocycles. The normalized spacial score (nSPS) is 13.6. The van der Waals surface area contributed by atoms with Gasteiger partial charge in [-0.1, -0.05) is 64.5 Å². The number of H-pyrrole nitrogens is 2. The molecule has 1 unspecified atom stereocenters. The Hall–Kier alpha value is -4.17. The van der Waals surface area contributed by atoms with Crippen LogP contribution in [0, 0.1) is 5.92 Å². The number of nitrogens with one attached hydrogen (secondary N) is 3. The van der Waals surface area contributed by atoms with Crippen molar-refractivity contribution < 1.29 is 4.79 Å². The quantitative estimate of drug-likeness (QED) is 0.118. The highest BCUT2D eigenvalue weighted by molar-refractivity contribution is 5.79. The molecule has 8 heteroatoms. The van der Waals surface area contributed by atoms with Crippen LogP contribution in [-0.2, 0) is 24.2 Å². The van der Waals surface area contributed by atoms with E-state index in [0.29, 0.717) is 25.4 Å². The molecule has 0 spiro atoms. The van der Waals surface area contributed by atoms with Crippen LogP contribution in [0.15, 0.2) is 61.1 Å². The zero-order valence-electron chi connectivity index (χ0n) is 27.6. The summed E-state index contributed by atoms with van der Waals surface area (Å²) in [5.41, 5.74) is 10.7. The van der Waals surface area contributed by atoms with E-state index >= 15 is 0 Å². The Morgan fingerprint density at radius 1 is 0.956 bits per heavy atom. The van der Waals surface area contributed by atoms with Gasteiger partial charge in [0.2, 0.25) is 6.41 Å². The second-order valence-corrected chi connectivity index (χ2v) is 12.5. The maximum absolute atomic E-state index is 10.7. The van der Waals surface area contributed by atoms with Gasteiger partial charge in [0.25, 0.3) is 0 Å². The van der Waals surface area contributed by atoms with Crippen molar-refractivity contribution in [3.63, 3.8) is 0 Å². The fourth-order valence-corrected chi connectivity index (χ4v) is 6.87. The summed E-state index contributed by atoms with van der Waals surface area (Å²) in [5, 5.41) is 2.71. The van der Waals surface area contributed by atoms with Crippen LogP contribution < -0.4 is 5.32 Å². The first-order valence-electron chi connectivity index (χ1n) is 16.5. The van der Waals surface area contributed by atoms with Gasteiger partial charge in [0.1, 0.15) is 11.6 Å². The van der Waals surface area contributed by atoms with E-state index in [-0.39, 0.29) is 6.04 Å². The maximum atomic E-state index is 10.7. The summed E-state index contributed by atoms with van der Waals surface area (Å²) in [6.45, 7) is 12.7. The lowest BCUT2D eigenvalue weighted by Crippen LogP contribution is -2.29. The predicted octanol–water partition coefficient (Wildman–Crippen LogP) is 7.13. The van der Waals surface area contributed by atoms with Crippen LogP contribution >= 0.6 is 0 Å². The van der Waals surface area contributed by atoms with Crippen molar-refractivity contribution in [3.8, 4) is 33.6 Å². The monoisotopic (exact) mass is 607 g/mol. The van der Waals surface area contributed by atoms with E-state index in [0.717, 1.165) is 66.5 Å². The van der Waals surface area contributed by atoms with Gasteiger partial charge >= 0.3 is 0 Å². The molecule has 1 aliphatic carbocycles. The van der Waals surface area contributed by atoms with E-state index in [1.54, 1.807) is 0 Å². The summed E-state index contributed by atoms with van der Waals surface area (Å²) < 4.78 is 0. The van der Waals surface area contributed by atoms with Gasteiger partial charge in [-0.25, -0.2) is 9.97 Å². The lowest BCUT2D eigenvalue weighted by atomic mass is 9.83. The number of aromatic amines is 2. The van der Waals surface area contributed by atoms with Crippen LogP contribution in [0.2, 0.25) is 0 Å². The van der Waals surface area contributed by atoms with E-state index in [2.05, 4.69) is 108 Å². The fraction of sp³-hybridized carbons (Fsp3) is 0.432. The molecule has 0 radical (unpaired) electrons. The fourth-order valence-electron chi connectivity index (χ4n) is 6.87. The molecule has 1 amide bonds. The zero-order chi connectivity index (χ0) is 31.9. The van der Waals surface area contributed by atoms with Crippen molar-refractivity contribution in [2.24, 2.45) is 5.92 Å². The predicted molar refractivity (Wildman–Crippen MR) is 183 cm³/mol. The molecule has 0 saturated heterocycles. The molecule has 5 rings (SSSR count). The minimum Gasteiger partial charge on any atom is -0.366 e. The summed E-state index contributed by atoms with van der Waals surface area (Å²) in [4.78, 5) is 32.0. The summed E-state index contributed by atoms with van der Waals surface area (Å²) in [6, 6.07) is 13.9. The van der Waals surface area contributed by atoms with Gasteiger partial charge in [-0.3, -0.25) is 9.69 Å². The van der Waals surface area contributed by atoms with Crippen molar-refractivity contribution in [2.75, 3.05) is 27.2 Å². The lowest BCUT2D eigenvalue weighted by Gasteiger charge is -2.30. The van der Waals surface area contributed by atoms with Gasteiger partial charge in [0.05, 0.1) is 42.9 Å². The van der Waals surface area contributed by atoms with Gasteiger partial charge < -0.3 is 20.2 Å². The number of rotatable bonds is 16. The molecule has 4 aromatic rings. The SMILES string of the molecule is C=C(CNC=O)N(CCC)Cc1ncc(-c2ccc3c(c2)CCc2cc(-c4cnc(C([C@H](CC)CCC)N(C)C)[nH]4)ccc2-3)[nH]1. The molecule has 0 saturated carbocycles. The first-order valence-corrected chi connectivity index (χ1v) is 16.5. The number of carbonyl (C=O) groups excluding carboxylic acids is 1. The Balaban J connectivity index is 1.33. The highest BCUT2D eigenvalue weighted by Gasteiger charge is 2.26. The number of aryl methyl sites for hydroxylation is 2. The smallest absolute Gasteiger partial charge is 0.207 e. The number of hydrogen-bond donors (Lipinski definition) is 3. The summed E-state index contributed by atoms with van der Waals surface area (Å²) in [6.07, 6.45) is 11.2. The standard InChI is InChI=1S/C37H49N7O/c1-7-10-26(9-3)36(43(5)6)37-40-22-34(42-37)30-14-16-32-28(19-30)12-11-27-18-29(13-15-31(27)32)33-21-39-35(41-33)23-44(17-8-2)25(4)20-38-24-45/h13-16,18-19,21-22,24,26,36H,4,7-12,17,20,23H2,1-3,5-6H3,(H,38,45)(H,39,41)(H,40,42)/t26-,36?/m1/s1. The summed E-state index contributed by atoms with van der Waals surface area (Å²) >= 11 is 0. The van der Waals surface area contributed by atoms with Crippen LogP contribution in [0.1, 0.15) is 75.3 Å². The molecule has 2 aromatic carbocycles. The number of carbonyl (C=O) groups is 1. The Kier molecular flexibility index (Phi) is 10.6. The molecular weight excluding hydrogens is 558 g/mol. The average molecular weight is 608 g/mol. The number of hydrogen-bond acceptors (Lipinski definition) is 5. The number of imidazole rings is 2. The summed E-state index contributed by atoms with van der Waals surface area (Å²) in [5.74, 6) is 2.52. The van der Waals surface area contributed by atoms with Gasteiger partial charge in [0.15, 0.2) is 0 Å². The topological polar surface area (TPSA) is 92.9 Å². The number of nitrogens with zero attached hydrogens (tertiary/aromatic N) is 4. The third kappa shape index (κ3) is 7.22. The first-order chi connectivity index (χ1) is 21.9. The van der Waals surface area contributed by atoms with Crippen LogP contribution in [-0.4, -0.2) is 63.3 Å². The molecule has 238 valence electrons. The Labute approximate surface area is 268 Å². The number of amides is 1. The van der Waals surface area contributed by atoms with Gasteiger partial charge in [0, 0.05) is 12.2 Å². The lowest BCUT2D eigenvalue weighted by molar-refractivity contribution is -0.109. The molecule has 0 aliphatic heterocycles. The molecule has 2 atom stereocenters. The zero-order valence-corrected chi connectivity index (χ0v) is 27.6. The van der Waals surface area contributed by atoms with Crippen LogP contribution in [0.25, 0.3) is 33.6 Å². The molecule has 0 bridgehead atoms.